The highest BCUT2D eigenvalue weighted by Crippen LogP contribution is 2.27. The van der Waals surface area contributed by atoms with Gasteiger partial charge in [-0.2, -0.15) is 0 Å². The lowest BCUT2D eigenvalue weighted by atomic mass is 10.1. The van der Waals surface area contributed by atoms with Crippen LogP contribution in [0.4, 0.5) is 14.5 Å². The zero-order valence-corrected chi connectivity index (χ0v) is 9.50. The highest BCUT2D eigenvalue weighted by Gasteiger charge is 2.23. The molecule has 1 heterocycles. The van der Waals surface area contributed by atoms with Gasteiger partial charge in [-0.25, -0.2) is 13.6 Å². The van der Waals surface area contributed by atoms with Crippen LogP contribution in [0.2, 0.25) is 0 Å². The Morgan fingerprint density at radius 1 is 1.24 bits per heavy atom. The van der Waals surface area contributed by atoms with E-state index in [1.54, 1.807) is 4.90 Å². The average molecular weight is 241 g/mol. The second-order valence-corrected chi connectivity index (χ2v) is 3.95. The molecule has 1 aliphatic heterocycles. The first-order valence-electron chi connectivity index (χ1n) is 5.46. The summed E-state index contributed by atoms with van der Waals surface area (Å²) < 4.78 is 31.8. The molecule has 17 heavy (non-hydrogen) atoms. The third-order valence-corrected chi connectivity index (χ3v) is 2.91. The van der Waals surface area contributed by atoms with E-state index >= 15 is 0 Å². The van der Waals surface area contributed by atoms with E-state index in [1.807, 2.05) is 0 Å². The van der Waals surface area contributed by atoms with E-state index in [1.165, 1.54) is 12.1 Å². The molecule has 0 atom stereocenters. The molecule has 1 fully saturated rings. The van der Waals surface area contributed by atoms with Gasteiger partial charge in [-0.05, 0) is 25.0 Å². The molecule has 1 aromatic rings. The number of hydrogen-bond acceptors (Lipinski definition) is 3. The van der Waals surface area contributed by atoms with Crippen molar-refractivity contribution in [3.63, 3.8) is 0 Å². The molecule has 0 bridgehead atoms. The van der Waals surface area contributed by atoms with E-state index in [2.05, 4.69) is 4.74 Å². The third kappa shape index (κ3) is 2.09. The van der Waals surface area contributed by atoms with E-state index in [9.17, 15) is 13.6 Å². The van der Waals surface area contributed by atoms with Crippen LogP contribution in [-0.2, 0) is 4.74 Å². The number of nitrogens with zero attached hydrogens (tertiary/aromatic N) is 1. The molecule has 0 unspecified atom stereocenters. The van der Waals surface area contributed by atoms with Crippen LogP contribution in [0.25, 0.3) is 0 Å². The predicted molar refractivity (Wildman–Crippen MR) is 59.1 cm³/mol. The van der Waals surface area contributed by atoms with Crippen molar-refractivity contribution in [2.75, 3.05) is 25.1 Å². The summed E-state index contributed by atoms with van der Waals surface area (Å²) in [4.78, 5) is 13.0. The van der Waals surface area contributed by atoms with Crippen LogP contribution in [0, 0.1) is 11.6 Å². The number of benzene rings is 1. The summed E-state index contributed by atoms with van der Waals surface area (Å²) in [6.07, 6.45) is 1.94. The molecule has 0 saturated carbocycles. The molecule has 1 saturated heterocycles. The first-order chi connectivity index (χ1) is 8.15. The van der Waals surface area contributed by atoms with Gasteiger partial charge in [0.1, 0.15) is 0 Å². The smallest absolute Gasteiger partial charge is 0.340 e. The van der Waals surface area contributed by atoms with E-state index in [0.717, 1.165) is 20.0 Å². The van der Waals surface area contributed by atoms with Crippen LogP contribution >= 0.6 is 0 Å². The van der Waals surface area contributed by atoms with Crippen LogP contribution in [0.3, 0.4) is 0 Å². The first-order valence-corrected chi connectivity index (χ1v) is 5.46. The number of esters is 1. The van der Waals surface area contributed by atoms with Crippen molar-refractivity contribution in [1.82, 2.24) is 0 Å². The van der Waals surface area contributed by atoms with Crippen LogP contribution in [0.5, 0.6) is 0 Å². The Kier molecular flexibility index (Phi) is 3.26. The third-order valence-electron chi connectivity index (χ3n) is 2.91. The van der Waals surface area contributed by atoms with Crippen LogP contribution < -0.4 is 4.90 Å². The standard InChI is InChI=1S/C12H13F2NO2/c1-17-12(16)8-4-5-9(11(14)10(8)13)15-6-2-3-7-15/h4-5H,2-3,6-7H2,1H3. The second-order valence-electron chi connectivity index (χ2n) is 3.95. The van der Waals surface area contributed by atoms with Gasteiger partial charge in [-0.3, -0.25) is 0 Å². The topological polar surface area (TPSA) is 29.5 Å². The minimum Gasteiger partial charge on any atom is -0.465 e. The Labute approximate surface area is 98.0 Å². The number of rotatable bonds is 2. The number of halogens is 2. The zero-order valence-electron chi connectivity index (χ0n) is 9.50. The molecule has 0 N–H and O–H groups in total. The van der Waals surface area contributed by atoms with Gasteiger partial charge < -0.3 is 9.64 Å². The van der Waals surface area contributed by atoms with Gasteiger partial charge in [-0.1, -0.05) is 0 Å². The first kappa shape index (κ1) is 11.8. The van der Waals surface area contributed by atoms with Crippen molar-refractivity contribution in [1.29, 1.82) is 0 Å². The lowest BCUT2D eigenvalue weighted by Crippen LogP contribution is -2.20. The molecule has 0 aliphatic carbocycles. The fourth-order valence-electron chi connectivity index (χ4n) is 2.01. The quantitative estimate of drug-likeness (QED) is 0.744. The Morgan fingerprint density at radius 2 is 1.88 bits per heavy atom. The fraction of sp³-hybridized carbons (Fsp3) is 0.417. The Bertz CT molecular complexity index is 442. The van der Waals surface area contributed by atoms with Crippen LogP contribution in [0.15, 0.2) is 12.1 Å². The molecule has 92 valence electrons. The molecular formula is C12H13F2NO2. The SMILES string of the molecule is COC(=O)c1ccc(N2CCCC2)c(F)c1F. The normalized spacial score (nSPS) is 15.1. The summed E-state index contributed by atoms with van der Waals surface area (Å²) in [5, 5.41) is 0. The summed E-state index contributed by atoms with van der Waals surface area (Å²) in [5.74, 6) is -2.98. The van der Waals surface area contributed by atoms with Gasteiger partial charge >= 0.3 is 5.97 Å². The highest BCUT2D eigenvalue weighted by atomic mass is 19.2. The lowest BCUT2D eigenvalue weighted by Gasteiger charge is -2.19. The molecule has 0 spiro atoms. The molecule has 0 amide bonds. The molecule has 2 rings (SSSR count). The van der Waals surface area contributed by atoms with Gasteiger partial charge in [0.25, 0.3) is 0 Å². The van der Waals surface area contributed by atoms with Gasteiger partial charge in [0, 0.05) is 13.1 Å². The lowest BCUT2D eigenvalue weighted by molar-refractivity contribution is 0.0594. The van der Waals surface area contributed by atoms with Crippen molar-refractivity contribution in [3.8, 4) is 0 Å². The number of ether oxygens (including phenoxy) is 1. The van der Waals surface area contributed by atoms with Crippen molar-refractivity contribution >= 4 is 11.7 Å². The molecule has 5 heteroatoms. The van der Waals surface area contributed by atoms with Gasteiger partial charge in [-0.15, -0.1) is 0 Å². The largest absolute Gasteiger partial charge is 0.465 e. The summed E-state index contributed by atoms with van der Waals surface area (Å²) in [6.45, 7) is 1.43. The number of anilines is 1. The average Bonchev–Trinajstić information content (AvgIpc) is 2.85. The second kappa shape index (κ2) is 4.69. The van der Waals surface area contributed by atoms with Gasteiger partial charge in [0.05, 0.1) is 18.4 Å². The summed E-state index contributed by atoms with van der Waals surface area (Å²) in [7, 11) is 1.13. The van der Waals surface area contributed by atoms with E-state index in [4.69, 9.17) is 0 Å². The Hall–Kier alpha value is -1.65. The maximum absolute atomic E-state index is 13.8. The summed E-state index contributed by atoms with van der Waals surface area (Å²) in [6, 6.07) is 2.69. The van der Waals surface area contributed by atoms with Gasteiger partial charge in [0.15, 0.2) is 11.6 Å². The molecule has 3 nitrogen and oxygen atoms in total. The predicted octanol–water partition coefficient (Wildman–Crippen LogP) is 2.35. The fourth-order valence-corrected chi connectivity index (χ4v) is 2.01. The van der Waals surface area contributed by atoms with E-state index < -0.39 is 17.6 Å². The van der Waals surface area contributed by atoms with E-state index in [-0.39, 0.29) is 11.3 Å². The zero-order chi connectivity index (χ0) is 12.4. The van der Waals surface area contributed by atoms with Crippen molar-refractivity contribution in [3.05, 3.63) is 29.3 Å². The molecule has 1 aromatic carbocycles. The number of carbonyl (C=O) groups excluding carboxylic acids is 1. The Morgan fingerprint density at radius 3 is 2.47 bits per heavy atom. The molecule has 1 aliphatic rings. The highest BCUT2D eigenvalue weighted by molar-refractivity contribution is 5.90. The maximum atomic E-state index is 13.8. The van der Waals surface area contributed by atoms with Crippen molar-refractivity contribution in [2.24, 2.45) is 0 Å². The van der Waals surface area contributed by atoms with E-state index in [0.29, 0.717) is 13.1 Å². The molecule has 0 radical (unpaired) electrons. The number of hydrogen-bond donors (Lipinski definition) is 0. The van der Waals surface area contributed by atoms with Crippen LogP contribution in [0.1, 0.15) is 23.2 Å². The maximum Gasteiger partial charge on any atom is 0.340 e. The molecule has 0 aromatic heterocycles. The Balaban J connectivity index is 2.38. The number of carbonyl (C=O) groups is 1. The number of methoxy groups -OCH3 is 1. The van der Waals surface area contributed by atoms with Crippen molar-refractivity contribution < 1.29 is 18.3 Å². The monoisotopic (exact) mass is 241 g/mol. The minimum atomic E-state index is -1.14. The summed E-state index contributed by atoms with van der Waals surface area (Å²) >= 11 is 0. The summed E-state index contributed by atoms with van der Waals surface area (Å²) in [5.41, 5.74) is -0.152. The minimum absolute atomic E-state index is 0.215. The van der Waals surface area contributed by atoms with Gasteiger partial charge in [0.2, 0.25) is 0 Å². The van der Waals surface area contributed by atoms with Crippen LogP contribution in [-0.4, -0.2) is 26.2 Å². The van der Waals surface area contributed by atoms with Crippen molar-refractivity contribution in [2.45, 2.75) is 12.8 Å². The molecular weight excluding hydrogens is 228 g/mol.